The summed E-state index contributed by atoms with van der Waals surface area (Å²) in [5.74, 6) is -2.57. The molecular formula is C15H22F2O3. The first-order chi connectivity index (χ1) is 9.50. The molecule has 3 nitrogen and oxygen atoms in total. The lowest BCUT2D eigenvalue weighted by Gasteiger charge is -2.38. The number of carbonyl (C=O) groups is 1. The molecule has 0 N–H and O–H groups in total. The van der Waals surface area contributed by atoms with Gasteiger partial charge in [0.05, 0.1) is 12.2 Å². The maximum absolute atomic E-state index is 13.2. The van der Waals surface area contributed by atoms with E-state index >= 15 is 0 Å². The zero-order valence-corrected chi connectivity index (χ0v) is 11.7. The van der Waals surface area contributed by atoms with E-state index in [0.29, 0.717) is 39.1 Å². The van der Waals surface area contributed by atoms with Crippen LogP contribution in [0, 0.1) is 11.8 Å². The zero-order valence-electron chi connectivity index (χ0n) is 11.7. The first-order valence-corrected chi connectivity index (χ1v) is 7.63. The van der Waals surface area contributed by atoms with E-state index in [4.69, 9.17) is 9.47 Å². The number of ether oxygens (including phenoxy) is 2. The van der Waals surface area contributed by atoms with E-state index in [1.165, 1.54) is 0 Å². The SMILES string of the molecule is O=C(C1CCC(F)(F)CC1)C1CCOC2(CCOC2)C1. The van der Waals surface area contributed by atoms with E-state index in [1.807, 2.05) is 0 Å². The van der Waals surface area contributed by atoms with Gasteiger partial charge in [-0.05, 0) is 25.7 Å². The van der Waals surface area contributed by atoms with Crippen LogP contribution in [0.5, 0.6) is 0 Å². The first kappa shape index (κ1) is 14.4. The standard InChI is InChI=1S/C15H22F2O3/c16-15(17)4-1-11(2-5-15)13(18)12-3-7-20-14(9-12)6-8-19-10-14/h11-12H,1-10H2. The quantitative estimate of drug-likeness (QED) is 0.783. The Labute approximate surface area is 118 Å². The molecule has 1 saturated carbocycles. The van der Waals surface area contributed by atoms with Crippen LogP contribution in [-0.2, 0) is 14.3 Å². The Morgan fingerprint density at radius 1 is 1.00 bits per heavy atom. The second-order valence-electron chi connectivity index (χ2n) is 6.56. The van der Waals surface area contributed by atoms with E-state index in [0.717, 1.165) is 12.8 Å². The molecule has 1 spiro atoms. The van der Waals surface area contributed by atoms with Gasteiger partial charge in [-0.25, -0.2) is 8.78 Å². The molecule has 2 atom stereocenters. The van der Waals surface area contributed by atoms with Crippen molar-refractivity contribution in [3.05, 3.63) is 0 Å². The molecule has 0 amide bonds. The summed E-state index contributed by atoms with van der Waals surface area (Å²) in [6.45, 7) is 1.85. The molecule has 2 aliphatic heterocycles. The van der Waals surface area contributed by atoms with Crippen molar-refractivity contribution in [2.45, 2.75) is 56.5 Å². The van der Waals surface area contributed by atoms with E-state index in [2.05, 4.69) is 0 Å². The van der Waals surface area contributed by atoms with Crippen LogP contribution in [0.3, 0.4) is 0 Å². The van der Waals surface area contributed by atoms with Crippen LogP contribution in [0.4, 0.5) is 8.78 Å². The normalized spacial score (nSPS) is 38.2. The summed E-state index contributed by atoms with van der Waals surface area (Å²) in [5.41, 5.74) is -0.281. The molecule has 2 saturated heterocycles. The van der Waals surface area contributed by atoms with Gasteiger partial charge in [0, 0.05) is 44.3 Å². The predicted molar refractivity (Wildman–Crippen MR) is 68.8 cm³/mol. The lowest BCUT2D eigenvalue weighted by molar-refractivity contribution is -0.144. The Bertz CT molecular complexity index is 367. The number of alkyl halides is 2. The maximum atomic E-state index is 13.2. The van der Waals surface area contributed by atoms with Crippen molar-refractivity contribution in [3.8, 4) is 0 Å². The molecule has 0 radical (unpaired) electrons. The molecule has 1 aliphatic carbocycles. The Kier molecular flexibility index (Phi) is 3.84. The average molecular weight is 288 g/mol. The summed E-state index contributed by atoms with van der Waals surface area (Å²) in [6, 6.07) is 0. The summed E-state index contributed by atoms with van der Waals surface area (Å²) in [5, 5.41) is 0. The molecule has 2 unspecified atom stereocenters. The maximum Gasteiger partial charge on any atom is 0.248 e. The summed E-state index contributed by atoms with van der Waals surface area (Å²) in [4.78, 5) is 12.6. The van der Waals surface area contributed by atoms with Crippen LogP contribution in [0.25, 0.3) is 0 Å². The van der Waals surface area contributed by atoms with E-state index in [1.54, 1.807) is 0 Å². The van der Waals surface area contributed by atoms with Crippen molar-refractivity contribution >= 4 is 5.78 Å². The van der Waals surface area contributed by atoms with Gasteiger partial charge in [0.2, 0.25) is 5.92 Å². The Morgan fingerprint density at radius 2 is 1.75 bits per heavy atom. The second kappa shape index (κ2) is 5.34. The molecule has 20 heavy (non-hydrogen) atoms. The summed E-state index contributed by atoms with van der Waals surface area (Å²) >= 11 is 0. The Balaban J connectivity index is 1.60. The van der Waals surface area contributed by atoms with Gasteiger partial charge in [-0.3, -0.25) is 4.79 Å². The minimum atomic E-state index is -2.56. The van der Waals surface area contributed by atoms with Crippen LogP contribution < -0.4 is 0 Å². The van der Waals surface area contributed by atoms with Crippen LogP contribution in [-0.4, -0.2) is 37.1 Å². The minimum absolute atomic E-state index is 0.0258. The van der Waals surface area contributed by atoms with Gasteiger partial charge in [0.15, 0.2) is 0 Å². The van der Waals surface area contributed by atoms with E-state index in [9.17, 15) is 13.6 Å². The fraction of sp³-hybridized carbons (Fsp3) is 0.933. The lowest BCUT2D eigenvalue weighted by Crippen LogP contribution is -2.44. The number of hydrogen-bond donors (Lipinski definition) is 0. The van der Waals surface area contributed by atoms with Crippen molar-refractivity contribution in [2.75, 3.05) is 19.8 Å². The highest BCUT2D eigenvalue weighted by atomic mass is 19.3. The molecule has 0 bridgehead atoms. The van der Waals surface area contributed by atoms with Gasteiger partial charge in [-0.2, -0.15) is 0 Å². The Morgan fingerprint density at radius 3 is 2.40 bits per heavy atom. The molecule has 3 aliphatic rings. The third-order valence-corrected chi connectivity index (χ3v) is 5.08. The summed E-state index contributed by atoms with van der Waals surface area (Å²) in [7, 11) is 0. The van der Waals surface area contributed by atoms with Gasteiger partial charge in [0.25, 0.3) is 0 Å². The number of rotatable bonds is 2. The van der Waals surface area contributed by atoms with Crippen LogP contribution in [0.2, 0.25) is 0 Å². The van der Waals surface area contributed by atoms with Crippen molar-refractivity contribution in [3.63, 3.8) is 0 Å². The van der Waals surface area contributed by atoms with Gasteiger partial charge >= 0.3 is 0 Å². The highest BCUT2D eigenvalue weighted by Gasteiger charge is 2.45. The Hall–Kier alpha value is -0.550. The average Bonchev–Trinajstić information content (AvgIpc) is 2.86. The third-order valence-electron chi connectivity index (χ3n) is 5.08. The number of carbonyl (C=O) groups excluding carboxylic acids is 1. The molecule has 0 aromatic rings. The van der Waals surface area contributed by atoms with Crippen molar-refractivity contribution in [2.24, 2.45) is 11.8 Å². The monoisotopic (exact) mass is 288 g/mol. The van der Waals surface area contributed by atoms with Gasteiger partial charge in [-0.15, -0.1) is 0 Å². The largest absolute Gasteiger partial charge is 0.378 e. The zero-order chi connectivity index (χ0) is 14.2. The minimum Gasteiger partial charge on any atom is -0.378 e. The van der Waals surface area contributed by atoms with Crippen molar-refractivity contribution < 1.29 is 23.0 Å². The smallest absolute Gasteiger partial charge is 0.248 e. The van der Waals surface area contributed by atoms with Gasteiger partial charge in [0.1, 0.15) is 5.78 Å². The topological polar surface area (TPSA) is 35.5 Å². The number of ketones is 1. The summed E-state index contributed by atoms with van der Waals surface area (Å²) < 4.78 is 37.6. The molecule has 3 fully saturated rings. The first-order valence-electron chi connectivity index (χ1n) is 7.63. The number of halogens is 2. The van der Waals surface area contributed by atoms with Gasteiger partial charge < -0.3 is 9.47 Å². The highest BCUT2D eigenvalue weighted by molar-refractivity contribution is 5.83. The van der Waals surface area contributed by atoms with Crippen LogP contribution in [0.1, 0.15) is 44.9 Å². The van der Waals surface area contributed by atoms with Gasteiger partial charge in [-0.1, -0.05) is 0 Å². The molecule has 114 valence electrons. The third kappa shape index (κ3) is 2.89. The number of Topliss-reactive ketones (excluding diaryl/α,β-unsaturated/α-hetero) is 1. The fourth-order valence-corrected chi connectivity index (χ4v) is 3.79. The molecule has 5 heteroatoms. The molecule has 0 aromatic heterocycles. The van der Waals surface area contributed by atoms with Crippen molar-refractivity contribution in [1.29, 1.82) is 0 Å². The fourth-order valence-electron chi connectivity index (χ4n) is 3.79. The van der Waals surface area contributed by atoms with Crippen LogP contribution in [0.15, 0.2) is 0 Å². The predicted octanol–water partition coefficient (Wildman–Crippen LogP) is 2.97. The molecule has 0 aromatic carbocycles. The van der Waals surface area contributed by atoms with E-state index < -0.39 is 5.92 Å². The lowest BCUT2D eigenvalue weighted by atomic mass is 9.75. The number of hydrogen-bond acceptors (Lipinski definition) is 3. The van der Waals surface area contributed by atoms with E-state index in [-0.39, 0.29) is 36.1 Å². The van der Waals surface area contributed by atoms with Crippen LogP contribution >= 0.6 is 0 Å². The molecular weight excluding hydrogens is 266 g/mol. The second-order valence-corrected chi connectivity index (χ2v) is 6.56. The van der Waals surface area contributed by atoms with Crippen molar-refractivity contribution in [1.82, 2.24) is 0 Å². The highest BCUT2D eigenvalue weighted by Crippen LogP contribution is 2.41. The molecule has 3 rings (SSSR count). The molecule has 2 heterocycles. The summed E-state index contributed by atoms with van der Waals surface area (Å²) in [6.07, 6.45) is 2.69.